The zero-order valence-electron chi connectivity index (χ0n) is 9.10. The average Bonchev–Trinajstić information content (AvgIpc) is 2.77. The van der Waals surface area contributed by atoms with E-state index in [2.05, 4.69) is 10.3 Å². The number of anilines is 1. The predicted octanol–water partition coefficient (Wildman–Crippen LogP) is 2.58. The number of rotatable bonds is 2. The van der Waals surface area contributed by atoms with Gasteiger partial charge in [-0.1, -0.05) is 12.1 Å². The van der Waals surface area contributed by atoms with E-state index in [9.17, 15) is 4.79 Å². The highest BCUT2D eigenvalue weighted by Crippen LogP contribution is 2.14. The maximum absolute atomic E-state index is 11.8. The van der Waals surface area contributed by atoms with Crippen molar-refractivity contribution in [3.05, 3.63) is 45.9 Å². The largest absolute Gasteiger partial charge is 0.320 e. The molecule has 1 heterocycles. The van der Waals surface area contributed by atoms with Gasteiger partial charge in [-0.25, -0.2) is 4.98 Å². The van der Waals surface area contributed by atoms with Crippen LogP contribution in [0.3, 0.4) is 0 Å². The molecule has 17 heavy (non-hydrogen) atoms. The van der Waals surface area contributed by atoms with Crippen molar-refractivity contribution in [3.8, 4) is 6.07 Å². The first kappa shape index (κ1) is 11.3. The molecule has 0 unspecified atom stereocenters. The molecule has 4 nitrogen and oxygen atoms in total. The molecular formula is C12H9N3OS. The molecule has 84 valence electrons. The Hall–Kier alpha value is -2.19. The number of carbonyl (C=O) groups is 1. The van der Waals surface area contributed by atoms with Crippen LogP contribution in [0.1, 0.15) is 21.1 Å². The minimum absolute atomic E-state index is 0.268. The number of nitrogens with one attached hydrogen (secondary N) is 1. The van der Waals surface area contributed by atoms with Gasteiger partial charge in [-0.2, -0.15) is 5.26 Å². The molecule has 2 aromatic rings. The van der Waals surface area contributed by atoms with E-state index in [1.54, 1.807) is 5.38 Å². The van der Waals surface area contributed by atoms with Crippen LogP contribution in [-0.4, -0.2) is 10.9 Å². The number of nitrogens with zero attached hydrogens (tertiary/aromatic N) is 2. The second-order valence-electron chi connectivity index (χ2n) is 3.47. The van der Waals surface area contributed by atoms with E-state index in [0.29, 0.717) is 5.01 Å². The van der Waals surface area contributed by atoms with Crippen LogP contribution in [0.5, 0.6) is 0 Å². The van der Waals surface area contributed by atoms with Crippen LogP contribution in [-0.2, 0) is 0 Å². The summed E-state index contributed by atoms with van der Waals surface area (Å²) in [5, 5.41) is 13.2. The number of hydrogen-bond donors (Lipinski definition) is 1. The Morgan fingerprint density at radius 3 is 3.00 bits per heavy atom. The Balaban J connectivity index is 2.14. The highest BCUT2D eigenvalue weighted by Gasteiger charge is 2.11. The fourth-order valence-electron chi connectivity index (χ4n) is 1.34. The van der Waals surface area contributed by atoms with Crippen molar-refractivity contribution in [3.63, 3.8) is 0 Å². The summed E-state index contributed by atoms with van der Waals surface area (Å²) in [6, 6.07) is 9.40. The van der Waals surface area contributed by atoms with Crippen LogP contribution in [0.15, 0.2) is 29.6 Å². The zero-order chi connectivity index (χ0) is 12.3. The van der Waals surface area contributed by atoms with Crippen molar-refractivity contribution in [2.75, 3.05) is 5.32 Å². The third kappa shape index (κ3) is 2.68. The van der Waals surface area contributed by atoms with Crippen molar-refractivity contribution in [2.45, 2.75) is 6.92 Å². The first-order valence-corrected chi connectivity index (χ1v) is 5.80. The smallest absolute Gasteiger partial charge is 0.284 e. The summed E-state index contributed by atoms with van der Waals surface area (Å²) in [6.45, 7) is 1.95. The molecule has 1 aromatic heterocycles. The van der Waals surface area contributed by atoms with Gasteiger partial charge in [-0.15, -0.1) is 11.3 Å². The number of benzene rings is 1. The lowest BCUT2D eigenvalue weighted by Gasteiger charge is -2.03. The van der Waals surface area contributed by atoms with Crippen molar-refractivity contribution in [2.24, 2.45) is 0 Å². The Labute approximate surface area is 103 Å². The summed E-state index contributed by atoms with van der Waals surface area (Å²) in [7, 11) is 0. The van der Waals surface area contributed by atoms with Gasteiger partial charge in [0.15, 0.2) is 10.7 Å². The molecular weight excluding hydrogens is 234 g/mol. The van der Waals surface area contributed by atoms with E-state index in [-0.39, 0.29) is 11.6 Å². The van der Waals surface area contributed by atoms with E-state index in [1.165, 1.54) is 0 Å². The number of carbonyl (C=O) groups excluding carboxylic acids is 1. The fourth-order valence-corrected chi connectivity index (χ4v) is 1.97. The van der Waals surface area contributed by atoms with Crippen LogP contribution in [0.25, 0.3) is 0 Å². The SMILES string of the molecule is Cc1cccc(NC(=O)c2nc(C#N)cs2)c1. The first-order valence-electron chi connectivity index (χ1n) is 4.92. The van der Waals surface area contributed by atoms with Crippen molar-refractivity contribution >= 4 is 22.9 Å². The molecule has 0 saturated carbocycles. The Bertz CT molecular complexity index is 598. The summed E-state index contributed by atoms with van der Waals surface area (Å²) in [5.74, 6) is -0.290. The van der Waals surface area contributed by atoms with Crippen LogP contribution in [0.4, 0.5) is 5.69 Å². The topological polar surface area (TPSA) is 65.8 Å². The normalized spacial score (nSPS) is 9.65. The van der Waals surface area contributed by atoms with Crippen LogP contribution < -0.4 is 5.32 Å². The van der Waals surface area contributed by atoms with E-state index < -0.39 is 0 Å². The number of hydrogen-bond acceptors (Lipinski definition) is 4. The van der Waals surface area contributed by atoms with Crippen LogP contribution in [0, 0.1) is 18.3 Å². The predicted molar refractivity (Wildman–Crippen MR) is 66.0 cm³/mol. The molecule has 0 aliphatic heterocycles. The third-order valence-electron chi connectivity index (χ3n) is 2.09. The molecule has 0 atom stereocenters. The number of amides is 1. The van der Waals surface area contributed by atoms with Crippen LogP contribution in [0.2, 0.25) is 0 Å². The lowest BCUT2D eigenvalue weighted by Crippen LogP contribution is -2.11. The molecule has 1 amide bonds. The molecule has 2 rings (SSSR count). The maximum Gasteiger partial charge on any atom is 0.284 e. The molecule has 1 aromatic carbocycles. The number of thiazole rings is 1. The second-order valence-corrected chi connectivity index (χ2v) is 4.33. The van der Waals surface area contributed by atoms with Gasteiger partial charge in [0, 0.05) is 11.1 Å². The lowest BCUT2D eigenvalue weighted by molar-refractivity contribution is 0.102. The van der Waals surface area contributed by atoms with E-state index in [0.717, 1.165) is 22.6 Å². The summed E-state index contributed by atoms with van der Waals surface area (Å²) in [6.07, 6.45) is 0. The van der Waals surface area contributed by atoms with Crippen LogP contribution >= 0.6 is 11.3 Å². The second kappa shape index (κ2) is 4.76. The van der Waals surface area contributed by atoms with Gasteiger partial charge in [0.1, 0.15) is 6.07 Å². The van der Waals surface area contributed by atoms with Gasteiger partial charge >= 0.3 is 0 Å². The summed E-state index contributed by atoms with van der Waals surface area (Å²) in [4.78, 5) is 15.7. The monoisotopic (exact) mass is 243 g/mol. The summed E-state index contributed by atoms with van der Waals surface area (Å²) in [5.41, 5.74) is 2.06. The summed E-state index contributed by atoms with van der Waals surface area (Å²) >= 11 is 1.16. The van der Waals surface area contributed by atoms with Crippen molar-refractivity contribution < 1.29 is 4.79 Å². The van der Waals surface area contributed by atoms with Gasteiger partial charge in [0.25, 0.3) is 5.91 Å². The molecule has 5 heteroatoms. The highest BCUT2D eigenvalue weighted by atomic mass is 32.1. The van der Waals surface area contributed by atoms with Crippen molar-refractivity contribution in [1.29, 1.82) is 5.26 Å². The fraction of sp³-hybridized carbons (Fsp3) is 0.0833. The molecule has 1 N–H and O–H groups in total. The molecule has 0 fully saturated rings. The lowest BCUT2D eigenvalue weighted by atomic mass is 10.2. The Morgan fingerprint density at radius 2 is 2.35 bits per heavy atom. The van der Waals surface area contributed by atoms with Gasteiger partial charge < -0.3 is 5.32 Å². The molecule has 0 bridgehead atoms. The molecule has 0 aliphatic rings. The summed E-state index contributed by atoms with van der Waals surface area (Å²) < 4.78 is 0. The van der Waals surface area contributed by atoms with Gasteiger partial charge in [-0.3, -0.25) is 4.79 Å². The van der Waals surface area contributed by atoms with E-state index in [4.69, 9.17) is 5.26 Å². The number of aromatic nitrogens is 1. The van der Waals surface area contributed by atoms with Gasteiger partial charge in [-0.05, 0) is 24.6 Å². The molecule has 0 radical (unpaired) electrons. The van der Waals surface area contributed by atoms with E-state index >= 15 is 0 Å². The average molecular weight is 243 g/mol. The third-order valence-corrected chi connectivity index (χ3v) is 2.93. The number of nitriles is 1. The van der Waals surface area contributed by atoms with Gasteiger partial charge in [0.2, 0.25) is 0 Å². The molecule has 0 spiro atoms. The minimum atomic E-state index is -0.290. The maximum atomic E-state index is 11.8. The molecule has 0 aliphatic carbocycles. The molecule has 0 saturated heterocycles. The first-order chi connectivity index (χ1) is 8.19. The number of aryl methyl sites for hydroxylation is 1. The van der Waals surface area contributed by atoms with Gasteiger partial charge in [0.05, 0.1) is 0 Å². The van der Waals surface area contributed by atoms with E-state index in [1.807, 2.05) is 37.3 Å². The quantitative estimate of drug-likeness (QED) is 0.881. The Morgan fingerprint density at radius 1 is 1.53 bits per heavy atom. The highest BCUT2D eigenvalue weighted by molar-refractivity contribution is 7.11. The van der Waals surface area contributed by atoms with Crippen molar-refractivity contribution in [1.82, 2.24) is 4.98 Å². The standard InChI is InChI=1S/C12H9N3OS/c1-8-3-2-4-9(5-8)14-11(16)12-15-10(6-13)7-17-12/h2-5,7H,1H3,(H,14,16). The Kier molecular flexibility index (Phi) is 3.17. The minimum Gasteiger partial charge on any atom is -0.320 e. The zero-order valence-corrected chi connectivity index (χ0v) is 9.91.